The first kappa shape index (κ1) is 14.9. The van der Waals surface area contributed by atoms with Crippen LogP contribution in [-0.4, -0.2) is 0 Å². The lowest BCUT2D eigenvalue weighted by Crippen LogP contribution is -2.15. The molecule has 1 aromatic rings. The molecular formula is C11H16BrClFN. The second kappa shape index (κ2) is 6.46. The fourth-order valence-corrected chi connectivity index (χ4v) is 2.13. The number of halogens is 3. The van der Waals surface area contributed by atoms with Crippen LogP contribution >= 0.6 is 28.3 Å². The van der Waals surface area contributed by atoms with Gasteiger partial charge in [0.25, 0.3) is 0 Å². The summed E-state index contributed by atoms with van der Waals surface area (Å²) in [6, 6.07) is 4.70. The van der Waals surface area contributed by atoms with Crippen molar-refractivity contribution in [3.8, 4) is 0 Å². The van der Waals surface area contributed by atoms with Crippen LogP contribution in [0.1, 0.15) is 31.9 Å². The van der Waals surface area contributed by atoms with Crippen molar-refractivity contribution in [3.63, 3.8) is 0 Å². The third-order valence-electron chi connectivity index (χ3n) is 2.10. The Bertz CT molecular complexity index is 297. The Balaban J connectivity index is 0.00000196. The average molecular weight is 297 g/mol. The van der Waals surface area contributed by atoms with Crippen molar-refractivity contribution in [2.75, 3.05) is 0 Å². The predicted octanol–water partition coefficient (Wildman–Crippen LogP) is 4.06. The van der Waals surface area contributed by atoms with Crippen molar-refractivity contribution in [2.45, 2.75) is 26.3 Å². The van der Waals surface area contributed by atoms with Crippen LogP contribution in [-0.2, 0) is 0 Å². The molecule has 2 N–H and O–H groups in total. The van der Waals surface area contributed by atoms with E-state index < -0.39 is 0 Å². The molecule has 15 heavy (non-hydrogen) atoms. The summed E-state index contributed by atoms with van der Waals surface area (Å²) in [6.07, 6.45) is 0.791. The zero-order chi connectivity index (χ0) is 10.7. The van der Waals surface area contributed by atoms with Gasteiger partial charge in [-0.25, -0.2) is 4.39 Å². The average Bonchev–Trinajstić information content (AvgIpc) is 2.01. The summed E-state index contributed by atoms with van der Waals surface area (Å²) in [5, 5.41) is 0. The number of benzene rings is 1. The van der Waals surface area contributed by atoms with Crippen molar-refractivity contribution in [2.24, 2.45) is 11.7 Å². The Morgan fingerprint density at radius 2 is 2.00 bits per heavy atom. The quantitative estimate of drug-likeness (QED) is 0.894. The predicted molar refractivity (Wildman–Crippen MR) is 67.7 cm³/mol. The summed E-state index contributed by atoms with van der Waals surface area (Å²) >= 11 is 3.32. The highest BCUT2D eigenvalue weighted by Crippen LogP contribution is 2.28. The van der Waals surface area contributed by atoms with Crippen LogP contribution in [0.3, 0.4) is 0 Å². The van der Waals surface area contributed by atoms with Crippen LogP contribution in [0.5, 0.6) is 0 Å². The second-order valence-corrected chi connectivity index (χ2v) is 4.73. The fraction of sp³-hybridized carbons (Fsp3) is 0.455. The Hall–Kier alpha value is -0.120. The Kier molecular flexibility index (Phi) is 6.41. The molecule has 86 valence electrons. The van der Waals surface area contributed by atoms with Gasteiger partial charge in [0.2, 0.25) is 0 Å². The molecule has 0 amide bonds. The topological polar surface area (TPSA) is 26.0 Å². The zero-order valence-corrected chi connectivity index (χ0v) is 11.2. The minimum Gasteiger partial charge on any atom is -0.324 e. The third kappa shape index (κ3) is 4.09. The third-order valence-corrected chi connectivity index (χ3v) is 2.79. The van der Waals surface area contributed by atoms with Gasteiger partial charge in [0.05, 0.1) is 0 Å². The van der Waals surface area contributed by atoms with Crippen molar-refractivity contribution < 1.29 is 4.39 Å². The van der Waals surface area contributed by atoms with E-state index in [1.54, 1.807) is 6.07 Å². The van der Waals surface area contributed by atoms with Crippen molar-refractivity contribution in [1.29, 1.82) is 0 Å². The van der Waals surface area contributed by atoms with E-state index in [0.29, 0.717) is 11.5 Å². The van der Waals surface area contributed by atoms with Crippen molar-refractivity contribution in [3.05, 3.63) is 34.1 Å². The molecule has 1 rings (SSSR count). The summed E-state index contributed by atoms with van der Waals surface area (Å²) in [5.41, 5.74) is 6.51. The molecule has 1 aromatic carbocycles. The molecule has 0 bridgehead atoms. The minimum atomic E-state index is -0.231. The highest BCUT2D eigenvalue weighted by atomic mass is 79.9. The molecule has 0 aliphatic heterocycles. The standard InChI is InChI=1S/C11H15BrFN.ClH/c1-7(2)6-10(14)11-8(12)4-3-5-9(11)13;/h3-5,7,10H,6,14H2,1-2H3;1H/t10-;/m1./s1. The normalized spacial score (nSPS) is 12.4. The summed E-state index contributed by atoms with van der Waals surface area (Å²) in [4.78, 5) is 0. The molecule has 0 fully saturated rings. The highest BCUT2D eigenvalue weighted by molar-refractivity contribution is 9.10. The van der Waals surface area contributed by atoms with Gasteiger partial charge in [-0.05, 0) is 24.5 Å². The van der Waals surface area contributed by atoms with Gasteiger partial charge in [-0.3, -0.25) is 0 Å². The van der Waals surface area contributed by atoms with Crippen molar-refractivity contribution >= 4 is 28.3 Å². The van der Waals surface area contributed by atoms with Crippen LogP contribution in [0, 0.1) is 11.7 Å². The molecule has 0 saturated heterocycles. The maximum absolute atomic E-state index is 13.4. The van der Waals surface area contributed by atoms with E-state index in [4.69, 9.17) is 5.73 Å². The molecule has 0 radical (unpaired) electrons. The number of hydrogen-bond donors (Lipinski definition) is 1. The Labute approximate surface area is 105 Å². The Morgan fingerprint density at radius 3 is 2.47 bits per heavy atom. The first-order chi connectivity index (χ1) is 6.52. The first-order valence-electron chi connectivity index (χ1n) is 4.72. The summed E-state index contributed by atoms with van der Waals surface area (Å²) in [6.45, 7) is 4.16. The van der Waals surface area contributed by atoms with E-state index in [0.717, 1.165) is 10.9 Å². The largest absolute Gasteiger partial charge is 0.324 e. The van der Waals surface area contributed by atoms with Gasteiger partial charge in [0, 0.05) is 16.1 Å². The Morgan fingerprint density at radius 1 is 1.40 bits per heavy atom. The molecule has 1 nitrogen and oxygen atoms in total. The first-order valence-corrected chi connectivity index (χ1v) is 5.51. The van der Waals surface area contributed by atoms with Gasteiger partial charge >= 0.3 is 0 Å². The van der Waals surface area contributed by atoms with Crippen LogP contribution in [0.15, 0.2) is 22.7 Å². The van der Waals surface area contributed by atoms with E-state index in [1.807, 2.05) is 6.07 Å². The molecule has 4 heteroatoms. The summed E-state index contributed by atoms with van der Waals surface area (Å²) in [7, 11) is 0. The molecule has 0 aromatic heterocycles. The van der Waals surface area contributed by atoms with Gasteiger partial charge in [-0.1, -0.05) is 35.8 Å². The van der Waals surface area contributed by atoms with Gasteiger partial charge < -0.3 is 5.73 Å². The summed E-state index contributed by atoms with van der Waals surface area (Å²) < 4.78 is 14.2. The fourth-order valence-electron chi connectivity index (χ4n) is 1.49. The molecule has 0 spiro atoms. The van der Waals surface area contributed by atoms with E-state index >= 15 is 0 Å². The number of rotatable bonds is 3. The molecule has 0 saturated carbocycles. The number of nitrogens with two attached hydrogens (primary N) is 1. The molecule has 0 aliphatic carbocycles. The van der Waals surface area contributed by atoms with Crippen LogP contribution < -0.4 is 5.73 Å². The maximum atomic E-state index is 13.4. The van der Waals surface area contributed by atoms with Gasteiger partial charge in [0.1, 0.15) is 5.82 Å². The maximum Gasteiger partial charge on any atom is 0.129 e. The van der Waals surface area contributed by atoms with Gasteiger partial charge in [-0.2, -0.15) is 0 Å². The molecule has 0 aliphatic rings. The lowest BCUT2D eigenvalue weighted by atomic mass is 9.97. The minimum absolute atomic E-state index is 0. The van der Waals surface area contributed by atoms with Gasteiger partial charge in [0.15, 0.2) is 0 Å². The summed E-state index contributed by atoms with van der Waals surface area (Å²) in [5.74, 6) is 0.240. The molecule has 0 heterocycles. The molecule has 0 unspecified atom stereocenters. The monoisotopic (exact) mass is 295 g/mol. The number of hydrogen-bond acceptors (Lipinski definition) is 1. The van der Waals surface area contributed by atoms with E-state index in [2.05, 4.69) is 29.8 Å². The molecular weight excluding hydrogens is 280 g/mol. The lowest BCUT2D eigenvalue weighted by Gasteiger charge is -2.16. The lowest BCUT2D eigenvalue weighted by molar-refractivity contribution is 0.487. The molecule has 1 atom stereocenters. The highest BCUT2D eigenvalue weighted by Gasteiger charge is 2.15. The van der Waals surface area contributed by atoms with E-state index in [-0.39, 0.29) is 24.3 Å². The van der Waals surface area contributed by atoms with E-state index in [9.17, 15) is 4.39 Å². The van der Waals surface area contributed by atoms with Crippen LogP contribution in [0.4, 0.5) is 4.39 Å². The smallest absolute Gasteiger partial charge is 0.129 e. The van der Waals surface area contributed by atoms with E-state index in [1.165, 1.54) is 6.07 Å². The van der Waals surface area contributed by atoms with Crippen LogP contribution in [0.2, 0.25) is 0 Å². The zero-order valence-electron chi connectivity index (χ0n) is 8.84. The SMILES string of the molecule is CC(C)C[C@@H](N)c1c(F)cccc1Br.Cl. The van der Waals surface area contributed by atoms with Crippen molar-refractivity contribution in [1.82, 2.24) is 0 Å². The van der Waals surface area contributed by atoms with Gasteiger partial charge in [-0.15, -0.1) is 12.4 Å². The second-order valence-electron chi connectivity index (χ2n) is 3.87. The van der Waals surface area contributed by atoms with Crippen LogP contribution in [0.25, 0.3) is 0 Å².